The fourth-order valence-electron chi connectivity index (χ4n) is 1.85. The largest absolute Gasteiger partial charge is 0.495 e. The van der Waals surface area contributed by atoms with Crippen LogP contribution in [0.15, 0.2) is 34.8 Å². The standard InChI is InChI=1S/C14H12BrFN2O3/c1-21-11-5-2-7(15)6-10(11)18-9-4-3-8(16)13(17)12(9)14(19)20/h2-6,18H,17H2,1H3,(H,19,20). The van der Waals surface area contributed by atoms with Gasteiger partial charge in [-0.3, -0.25) is 0 Å². The van der Waals surface area contributed by atoms with Crippen LogP contribution in [-0.4, -0.2) is 18.2 Å². The van der Waals surface area contributed by atoms with Crippen LogP contribution in [0.1, 0.15) is 10.4 Å². The van der Waals surface area contributed by atoms with Gasteiger partial charge in [-0.05, 0) is 30.3 Å². The number of anilines is 3. The lowest BCUT2D eigenvalue weighted by atomic mass is 10.1. The van der Waals surface area contributed by atoms with E-state index in [-0.39, 0.29) is 11.3 Å². The van der Waals surface area contributed by atoms with E-state index in [0.717, 1.165) is 10.5 Å². The van der Waals surface area contributed by atoms with Crippen molar-refractivity contribution in [1.82, 2.24) is 0 Å². The van der Waals surface area contributed by atoms with E-state index in [9.17, 15) is 14.3 Å². The second-order valence-corrected chi connectivity index (χ2v) is 5.07. The lowest BCUT2D eigenvalue weighted by molar-refractivity contribution is 0.0698. The van der Waals surface area contributed by atoms with Gasteiger partial charge in [-0.1, -0.05) is 15.9 Å². The maximum Gasteiger partial charge on any atom is 0.340 e. The molecular formula is C14H12BrFN2O3. The number of benzene rings is 2. The van der Waals surface area contributed by atoms with Crippen LogP contribution < -0.4 is 15.8 Å². The first kappa shape index (κ1) is 15.1. The molecule has 0 aliphatic heterocycles. The number of nitrogen functional groups attached to an aromatic ring is 1. The molecule has 0 aliphatic carbocycles. The summed E-state index contributed by atoms with van der Waals surface area (Å²) in [7, 11) is 1.49. The molecule has 0 aliphatic rings. The zero-order valence-electron chi connectivity index (χ0n) is 11.0. The van der Waals surface area contributed by atoms with Gasteiger partial charge in [0.2, 0.25) is 0 Å². The molecule has 4 N–H and O–H groups in total. The molecule has 0 radical (unpaired) electrons. The number of carboxylic acid groups (broad SMARTS) is 1. The second-order valence-electron chi connectivity index (χ2n) is 4.16. The summed E-state index contributed by atoms with van der Waals surface area (Å²) >= 11 is 3.32. The van der Waals surface area contributed by atoms with Gasteiger partial charge in [0.15, 0.2) is 0 Å². The summed E-state index contributed by atoms with van der Waals surface area (Å²) in [4.78, 5) is 11.3. The van der Waals surface area contributed by atoms with Gasteiger partial charge >= 0.3 is 5.97 Å². The molecule has 2 aromatic carbocycles. The highest BCUT2D eigenvalue weighted by molar-refractivity contribution is 9.10. The zero-order valence-corrected chi connectivity index (χ0v) is 12.6. The number of nitrogens with two attached hydrogens (primary N) is 1. The average molecular weight is 355 g/mol. The molecule has 0 unspecified atom stereocenters. The van der Waals surface area contributed by atoms with Gasteiger partial charge in [0.1, 0.15) is 17.1 Å². The quantitative estimate of drug-likeness (QED) is 0.730. The summed E-state index contributed by atoms with van der Waals surface area (Å²) < 4.78 is 19.4. The Morgan fingerprint density at radius 1 is 1.33 bits per heavy atom. The predicted octanol–water partition coefficient (Wildman–Crippen LogP) is 3.62. The third-order valence-corrected chi connectivity index (χ3v) is 3.33. The van der Waals surface area contributed by atoms with E-state index in [1.807, 2.05) is 0 Å². The van der Waals surface area contributed by atoms with Crippen molar-refractivity contribution < 1.29 is 19.0 Å². The molecule has 0 fully saturated rings. The van der Waals surface area contributed by atoms with Crippen molar-refractivity contribution >= 4 is 39.0 Å². The number of hydrogen-bond acceptors (Lipinski definition) is 4. The van der Waals surface area contributed by atoms with E-state index in [2.05, 4.69) is 21.2 Å². The highest BCUT2D eigenvalue weighted by Gasteiger charge is 2.18. The zero-order chi connectivity index (χ0) is 15.6. The van der Waals surface area contributed by atoms with Crippen LogP contribution in [0.4, 0.5) is 21.5 Å². The number of nitrogens with one attached hydrogen (secondary N) is 1. The molecule has 0 aromatic heterocycles. The van der Waals surface area contributed by atoms with Gasteiger partial charge in [-0.2, -0.15) is 0 Å². The number of halogens is 2. The second kappa shape index (κ2) is 6.01. The summed E-state index contributed by atoms with van der Waals surface area (Å²) in [5.74, 6) is -1.58. The highest BCUT2D eigenvalue weighted by atomic mass is 79.9. The Kier molecular flexibility index (Phi) is 4.32. The number of aromatic carboxylic acids is 1. The Morgan fingerprint density at radius 2 is 2.05 bits per heavy atom. The maximum atomic E-state index is 13.4. The lowest BCUT2D eigenvalue weighted by Crippen LogP contribution is -2.09. The van der Waals surface area contributed by atoms with E-state index in [4.69, 9.17) is 10.5 Å². The molecule has 0 heterocycles. The molecule has 21 heavy (non-hydrogen) atoms. The number of carbonyl (C=O) groups is 1. The minimum absolute atomic E-state index is 0.179. The first-order chi connectivity index (χ1) is 9.93. The molecule has 2 rings (SSSR count). The monoisotopic (exact) mass is 354 g/mol. The van der Waals surface area contributed by atoms with Crippen LogP contribution in [0, 0.1) is 5.82 Å². The van der Waals surface area contributed by atoms with E-state index < -0.39 is 17.5 Å². The summed E-state index contributed by atoms with van der Waals surface area (Å²) in [6, 6.07) is 7.62. The van der Waals surface area contributed by atoms with Crippen molar-refractivity contribution in [2.24, 2.45) is 0 Å². The van der Waals surface area contributed by atoms with Gasteiger partial charge in [-0.15, -0.1) is 0 Å². The molecule has 2 aromatic rings. The summed E-state index contributed by atoms with van der Waals surface area (Å²) in [6.45, 7) is 0. The topological polar surface area (TPSA) is 84.6 Å². The van der Waals surface area contributed by atoms with Crippen molar-refractivity contribution in [1.29, 1.82) is 0 Å². The van der Waals surface area contributed by atoms with E-state index >= 15 is 0 Å². The number of rotatable bonds is 4. The summed E-state index contributed by atoms with van der Waals surface area (Å²) in [6.07, 6.45) is 0. The minimum atomic E-state index is -1.32. The molecule has 0 saturated carbocycles. The maximum absolute atomic E-state index is 13.4. The lowest BCUT2D eigenvalue weighted by Gasteiger charge is -2.15. The first-order valence-electron chi connectivity index (χ1n) is 5.86. The molecule has 0 spiro atoms. The van der Waals surface area contributed by atoms with Crippen LogP contribution in [0.2, 0.25) is 0 Å². The Labute approximate surface area is 128 Å². The molecule has 0 amide bonds. The van der Waals surface area contributed by atoms with Crippen LogP contribution in [-0.2, 0) is 0 Å². The normalized spacial score (nSPS) is 10.2. The third-order valence-electron chi connectivity index (χ3n) is 2.84. The molecule has 0 bridgehead atoms. The van der Waals surface area contributed by atoms with Crippen molar-refractivity contribution in [3.8, 4) is 5.75 Å². The average Bonchev–Trinajstić information content (AvgIpc) is 2.43. The smallest absolute Gasteiger partial charge is 0.340 e. The molecule has 0 atom stereocenters. The Balaban J connectivity index is 2.52. The van der Waals surface area contributed by atoms with Gasteiger partial charge in [0, 0.05) is 4.47 Å². The van der Waals surface area contributed by atoms with E-state index in [1.54, 1.807) is 18.2 Å². The fraction of sp³-hybridized carbons (Fsp3) is 0.0714. The SMILES string of the molecule is COc1ccc(Br)cc1Nc1ccc(F)c(N)c1C(=O)O. The Bertz CT molecular complexity index is 707. The Morgan fingerprint density at radius 3 is 2.67 bits per heavy atom. The fourth-order valence-corrected chi connectivity index (χ4v) is 2.21. The van der Waals surface area contributed by atoms with Crippen LogP contribution in [0.5, 0.6) is 5.75 Å². The van der Waals surface area contributed by atoms with E-state index in [1.165, 1.54) is 13.2 Å². The summed E-state index contributed by atoms with van der Waals surface area (Å²) in [5, 5.41) is 12.1. The van der Waals surface area contributed by atoms with Crippen molar-refractivity contribution in [3.05, 3.63) is 46.2 Å². The Hall–Kier alpha value is -2.28. The van der Waals surface area contributed by atoms with Gasteiger partial charge in [-0.25, -0.2) is 9.18 Å². The molecular weight excluding hydrogens is 343 g/mol. The number of hydrogen-bond donors (Lipinski definition) is 3. The van der Waals surface area contributed by atoms with E-state index in [0.29, 0.717) is 11.4 Å². The van der Waals surface area contributed by atoms with Crippen molar-refractivity contribution in [3.63, 3.8) is 0 Å². The van der Waals surface area contributed by atoms with Gasteiger partial charge < -0.3 is 20.9 Å². The molecule has 5 nitrogen and oxygen atoms in total. The van der Waals surface area contributed by atoms with Crippen LogP contribution >= 0.6 is 15.9 Å². The van der Waals surface area contributed by atoms with Crippen molar-refractivity contribution in [2.75, 3.05) is 18.2 Å². The molecule has 0 saturated heterocycles. The van der Waals surface area contributed by atoms with Gasteiger partial charge in [0.25, 0.3) is 0 Å². The highest BCUT2D eigenvalue weighted by Crippen LogP contribution is 2.33. The third kappa shape index (κ3) is 3.08. The first-order valence-corrected chi connectivity index (χ1v) is 6.65. The summed E-state index contributed by atoms with van der Waals surface area (Å²) in [5.41, 5.74) is 5.47. The number of ether oxygens (including phenoxy) is 1. The predicted molar refractivity (Wildman–Crippen MR) is 81.7 cm³/mol. The minimum Gasteiger partial charge on any atom is -0.495 e. The van der Waals surface area contributed by atoms with Crippen molar-refractivity contribution in [2.45, 2.75) is 0 Å². The molecule has 110 valence electrons. The number of methoxy groups -OCH3 is 1. The molecule has 7 heteroatoms. The number of carboxylic acids is 1. The van der Waals surface area contributed by atoms with Crippen LogP contribution in [0.3, 0.4) is 0 Å². The van der Waals surface area contributed by atoms with Gasteiger partial charge in [0.05, 0.1) is 24.2 Å². The van der Waals surface area contributed by atoms with Crippen LogP contribution in [0.25, 0.3) is 0 Å².